The predicted octanol–water partition coefficient (Wildman–Crippen LogP) is 4.96. The van der Waals surface area contributed by atoms with E-state index in [0.717, 1.165) is 6.42 Å². The summed E-state index contributed by atoms with van der Waals surface area (Å²) < 4.78 is 0. The summed E-state index contributed by atoms with van der Waals surface area (Å²) in [6.07, 6.45) is 2.23. The van der Waals surface area contributed by atoms with E-state index in [1.54, 1.807) is 5.06 Å². The Bertz CT molecular complexity index is 314. The van der Waals surface area contributed by atoms with Gasteiger partial charge in [-0.3, -0.25) is 0 Å². The first-order chi connectivity index (χ1) is 8.30. The molecule has 0 radical (unpaired) electrons. The molecule has 0 spiro atoms. The lowest BCUT2D eigenvalue weighted by Gasteiger charge is -2.53. The molecule has 0 saturated carbocycles. The van der Waals surface area contributed by atoms with E-state index in [-0.39, 0.29) is 11.1 Å². The molecule has 3 atom stereocenters. The van der Waals surface area contributed by atoms with Crippen molar-refractivity contribution in [2.24, 2.45) is 23.2 Å². The molecule has 114 valence electrons. The van der Waals surface area contributed by atoms with Crippen LogP contribution in [0.5, 0.6) is 0 Å². The second-order valence-electron chi connectivity index (χ2n) is 9.07. The first-order valence-electron chi connectivity index (χ1n) is 7.79. The highest BCUT2D eigenvalue weighted by Crippen LogP contribution is 2.47. The van der Waals surface area contributed by atoms with Crippen LogP contribution in [0.15, 0.2) is 0 Å². The monoisotopic (exact) mass is 269 g/mol. The van der Waals surface area contributed by atoms with E-state index in [2.05, 4.69) is 62.3 Å². The van der Waals surface area contributed by atoms with E-state index in [1.807, 2.05) is 0 Å². The predicted molar refractivity (Wildman–Crippen MR) is 82.3 cm³/mol. The van der Waals surface area contributed by atoms with E-state index < -0.39 is 0 Å². The van der Waals surface area contributed by atoms with E-state index in [0.29, 0.717) is 23.2 Å². The van der Waals surface area contributed by atoms with Gasteiger partial charge in [-0.1, -0.05) is 34.6 Å². The fourth-order valence-corrected chi connectivity index (χ4v) is 3.98. The van der Waals surface area contributed by atoms with Crippen LogP contribution in [0.4, 0.5) is 0 Å². The molecule has 1 N–H and O–H groups in total. The van der Waals surface area contributed by atoms with E-state index >= 15 is 0 Å². The van der Waals surface area contributed by atoms with Crippen LogP contribution in [-0.4, -0.2) is 21.3 Å². The number of rotatable bonds is 0. The lowest BCUT2D eigenvalue weighted by Crippen LogP contribution is -2.59. The molecule has 1 aliphatic heterocycles. The third-order valence-corrected chi connectivity index (χ3v) is 5.57. The van der Waals surface area contributed by atoms with Crippen molar-refractivity contribution >= 4 is 0 Å². The quantitative estimate of drug-likeness (QED) is 0.671. The van der Waals surface area contributed by atoms with E-state index in [4.69, 9.17) is 0 Å². The van der Waals surface area contributed by atoms with Crippen molar-refractivity contribution in [2.45, 2.75) is 86.2 Å². The normalized spacial score (nSPS) is 36.6. The summed E-state index contributed by atoms with van der Waals surface area (Å²) in [5, 5.41) is 12.4. The minimum atomic E-state index is -0.176. The molecular formula is C17H35NO. The second kappa shape index (κ2) is 5.04. The van der Waals surface area contributed by atoms with Gasteiger partial charge < -0.3 is 5.21 Å². The molecule has 3 unspecified atom stereocenters. The number of hydrogen-bond acceptors (Lipinski definition) is 2. The van der Waals surface area contributed by atoms with Crippen molar-refractivity contribution in [1.82, 2.24) is 5.06 Å². The molecule has 0 bridgehead atoms. The van der Waals surface area contributed by atoms with Gasteiger partial charge in [0.05, 0.1) is 0 Å². The molecule has 0 aliphatic carbocycles. The SMILES string of the molecule is CC1CC(C)C(C)(C)N(O)C(C)(C)CC1C(C)(C)C. The van der Waals surface area contributed by atoms with Crippen molar-refractivity contribution in [3.8, 4) is 0 Å². The second-order valence-corrected chi connectivity index (χ2v) is 9.07. The summed E-state index contributed by atoms with van der Waals surface area (Å²) in [6.45, 7) is 20.4. The van der Waals surface area contributed by atoms with Crippen molar-refractivity contribution in [3.05, 3.63) is 0 Å². The molecule has 1 aliphatic rings. The summed E-state index contributed by atoms with van der Waals surface area (Å²) >= 11 is 0. The van der Waals surface area contributed by atoms with E-state index in [1.165, 1.54) is 6.42 Å². The number of hydroxylamine groups is 2. The highest BCUT2D eigenvalue weighted by atomic mass is 16.5. The van der Waals surface area contributed by atoms with Crippen LogP contribution in [0.2, 0.25) is 0 Å². The van der Waals surface area contributed by atoms with Gasteiger partial charge in [-0.25, -0.2) is 0 Å². The maximum Gasteiger partial charge on any atom is 0.0435 e. The van der Waals surface area contributed by atoms with Crippen molar-refractivity contribution < 1.29 is 5.21 Å². The van der Waals surface area contributed by atoms with Gasteiger partial charge in [-0.2, -0.15) is 5.06 Å². The van der Waals surface area contributed by atoms with Crippen molar-refractivity contribution in [3.63, 3.8) is 0 Å². The molecule has 2 nitrogen and oxygen atoms in total. The first-order valence-corrected chi connectivity index (χ1v) is 7.79. The molecule has 1 fully saturated rings. The fraction of sp³-hybridized carbons (Fsp3) is 1.00. The average Bonchev–Trinajstić information content (AvgIpc) is 2.21. The third kappa shape index (κ3) is 3.33. The number of nitrogens with zero attached hydrogens (tertiary/aromatic N) is 1. The highest BCUT2D eigenvalue weighted by molar-refractivity contribution is 4.97. The molecule has 0 aromatic rings. The molecule has 0 amide bonds. The van der Waals surface area contributed by atoms with Gasteiger partial charge in [-0.15, -0.1) is 0 Å². The summed E-state index contributed by atoms with van der Waals surface area (Å²) in [6, 6.07) is 0. The Morgan fingerprint density at radius 1 is 1.05 bits per heavy atom. The Balaban J connectivity index is 3.17. The van der Waals surface area contributed by atoms with Crippen LogP contribution in [0.1, 0.15) is 75.2 Å². The largest absolute Gasteiger partial charge is 0.313 e. The standard InChI is InChI=1S/C17H35NO/c1-12-10-13(2)17(8,9)18(19)16(6,7)11-14(12)15(3,4)5/h12-14,19H,10-11H2,1-9H3. The summed E-state index contributed by atoms with van der Waals surface area (Å²) in [7, 11) is 0. The zero-order valence-electron chi connectivity index (χ0n) is 14.5. The van der Waals surface area contributed by atoms with Crippen molar-refractivity contribution in [1.29, 1.82) is 0 Å². The van der Waals surface area contributed by atoms with Gasteiger partial charge in [0.15, 0.2) is 0 Å². The zero-order chi connectivity index (χ0) is 15.2. The Morgan fingerprint density at radius 2 is 1.53 bits per heavy atom. The van der Waals surface area contributed by atoms with Crippen LogP contribution in [-0.2, 0) is 0 Å². The van der Waals surface area contributed by atoms with Crippen LogP contribution in [0.3, 0.4) is 0 Å². The first kappa shape index (κ1) is 17.0. The molecular weight excluding hydrogens is 234 g/mol. The Morgan fingerprint density at radius 3 is 1.95 bits per heavy atom. The molecule has 2 heteroatoms. The summed E-state index contributed by atoms with van der Waals surface area (Å²) in [5.74, 6) is 1.81. The third-order valence-electron chi connectivity index (χ3n) is 5.57. The Labute approximate surface area is 120 Å². The molecule has 1 saturated heterocycles. The summed E-state index contributed by atoms with van der Waals surface area (Å²) in [4.78, 5) is 0. The molecule has 19 heavy (non-hydrogen) atoms. The molecule has 0 aromatic carbocycles. The maximum atomic E-state index is 10.7. The zero-order valence-corrected chi connectivity index (χ0v) is 14.5. The lowest BCUT2D eigenvalue weighted by molar-refractivity contribution is -0.251. The lowest BCUT2D eigenvalue weighted by atomic mass is 9.63. The van der Waals surface area contributed by atoms with Gasteiger partial charge in [0.25, 0.3) is 0 Å². The van der Waals surface area contributed by atoms with Gasteiger partial charge >= 0.3 is 0 Å². The van der Waals surface area contributed by atoms with Gasteiger partial charge in [-0.05, 0) is 63.7 Å². The smallest absolute Gasteiger partial charge is 0.0435 e. The van der Waals surface area contributed by atoms with Gasteiger partial charge in [0, 0.05) is 11.1 Å². The minimum Gasteiger partial charge on any atom is -0.313 e. The van der Waals surface area contributed by atoms with Crippen LogP contribution in [0, 0.1) is 23.2 Å². The van der Waals surface area contributed by atoms with Crippen molar-refractivity contribution in [2.75, 3.05) is 0 Å². The van der Waals surface area contributed by atoms with Gasteiger partial charge in [0.1, 0.15) is 0 Å². The topological polar surface area (TPSA) is 23.5 Å². The molecule has 1 rings (SSSR count). The van der Waals surface area contributed by atoms with Crippen LogP contribution >= 0.6 is 0 Å². The molecule has 0 aromatic heterocycles. The van der Waals surface area contributed by atoms with Crippen LogP contribution < -0.4 is 0 Å². The van der Waals surface area contributed by atoms with Crippen LogP contribution in [0.25, 0.3) is 0 Å². The maximum absolute atomic E-state index is 10.7. The number of hydrogen-bond donors (Lipinski definition) is 1. The summed E-state index contributed by atoms with van der Waals surface area (Å²) in [5.41, 5.74) is -0.0519. The fourth-order valence-electron chi connectivity index (χ4n) is 3.98. The highest BCUT2D eigenvalue weighted by Gasteiger charge is 2.47. The average molecular weight is 269 g/mol. The minimum absolute atomic E-state index is 0.166. The van der Waals surface area contributed by atoms with E-state index in [9.17, 15) is 5.21 Å². The van der Waals surface area contributed by atoms with Gasteiger partial charge in [0.2, 0.25) is 0 Å². The molecule has 1 heterocycles. The Hall–Kier alpha value is -0.0800. The Kier molecular flexibility index (Phi) is 4.50.